The number of primary amides is 1. The lowest BCUT2D eigenvalue weighted by molar-refractivity contribution is 0.0999. The number of carbonyl (C=O) groups excluding carboxylic acids is 1. The second-order valence-electron chi connectivity index (χ2n) is 7.40. The maximum absolute atomic E-state index is 11.8. The first kappa shape index (κ1) is 18.8. The van der Waals surface area contributed by atoms with Gasteiger partial charge in [-0.1, -0.05) is 39.0 Å². The van der Waals surface area contributed by atoms with Gasteiger partial charge in [0.2, 0.25) is 5.91 Å². The van der Waals surface area contributed by atoms with Crippen LogP contribution in [-0.2, 0) is 6.42 Å². The van der Waals surface area contributed by atoms with Gasteiger partial charge in [0.15, 0.2) is 0 Å². The Morgan fingerprint density at radius 2 is 1.88 bits per heavy atom. The molecule has 2 N–H and O–H groups in total. The summed E-state index contributed by atoms with van der Waals surface area (Å²) in [5, 5.41) is 0. The molecule has 1 unspecified atom stereocenters. The molecule has 0 saturated carbocycles. The van der Waals surface area contributed by atoms with Crippen LogP contribution in [0.3, 0.4) is 0 Å². The van der Waals surface area contributed by atoms with E-state index in [1.165, 1.54) is 49.8 Å². The van der Waals surface area contributed by atoms with E-state index in [1.807, 2.05) is 6.92 Å². The molecule has 134 valence electrons. The highest BCUT2D eigenvalue weighted by molar-refractivity contribution is 5.97. The molecule has 0 saturated heterocycles. The molecule has 1 heterocycles. The summed E-state index contributed by atoms with van der Waals surface area (Å²) in [6, 6.07) is 2.76. The van der Waals surface area contributed by atoms with E-state index < -0.39 is 0 Å². The Hall–Kier alpha value is -1.51. The number of hydrogen-bond donors (Lipinski definition) is 1. The van der Waals surface area contributed by atoms with Crippen LogP contribution < -0.4 is 10.6 Å². The Balaban J connectivity index is 2.13. The minimum atomic E-state index is -0.297. The minimum Gasteiger partial charge on any atom is -0.369 e. The summed E-state index contributed by atoms with van der Waals surface area (Å²) in [6.45, 7) is 9.78. The van der Waals surface area contributed by atoms with Crippen LogP contribution in [0.4, 0.5) is 5.69 Å². The fraction of sp³-hybridized carbons (Fsp3) is 0.667. The minimum absolute atomic E-state index is 0.297. The number of aryl methyl sites for hydroxylation is 1. The molecule has 3 nitrogen and oxygen atoms in total. The van der Waals surface area contributed by atoms with Crippen LogP contribution >= 0.6 is 0 Å². The molecule has 1 aromatic rings. The van der Waals surface area contributed by atoms with Crippen molar-refractivity contribution in [2.45, 2.75) is 85.1 Å². The molecule has 1 aliphatic heterocycles. The molecule has 0 bridgehead atoms. The Morgan fingerprint density at radius 1 is 1.21 bits per heavy atom. The number of unbranched alkanes of at least 4 members (excludes halogenated alkanes) is 5. The summed E-state index contributed by atoms with van der Waals surface area (Å²) in [7, 11) is 0. The van der Waals surface area contributed by atoms with Gasteiger partial charge >= 0.3 is 0 Å². The Bertz CT molecular complexity index is 580. The molecule has 0 aliphatic carbocycles. The predicted molar refractivity (Wildman–Crippen MR) is 103 cm³/mol. The third-order valence-corrected chi connectivity index (χ3v) is 5.54. The van der Waals surface area contributed by atoms with E-state index in [0.717, 1.165) is 36.1 Å². The van der Waals surface area contributed by atoms with E-state index in [2.05, 4.69) is 31.7 Å². The fourth-order valence-corrected chi connectivity index (χ4v) is 4.10. The van der Waals surface area contributed by atoms with Gasteiger partial charge in [-0.05, 0) is 62.8 Å². The first-order valence-corrected chi connectivity index (χ1v) is 9.66. The van der Waals surface area contributed by atoms with Crippen LogP contribution in [0, 0.1) is 13.8 Å². The van der Waals surface area contributed by atoms with Gasteiger partial charge < -0.3 is 10.6 Å². The number of nitrogens with zero attached hydrogens (tertiary/aromatic N) is 1. The lowest BCUT2D eigenvalue weighted by atomic mass is 9.87. The third kappa shape index (κ3) is 4.12. The standard InChI is InChI=1S/C21H34N2O/c1-5-6-7-8-9-10-13-23-16(3)11-12-18-17(4)20(21(22)24)15(2)14-19(18)23/h14,16H,5-13H2,1-4H3,(H2,22,24). The predicted octanol–water partition coefficient (Wildman–Crippen LogP) is 4.90. The molecule has 24 heavy (non-hydrogen) atoms. The molecule has 1 aromatic carbocycles. The van der Waals surface area contributed by atoms with Crippen LogP contribution in [0.25, 0.3) is 0 Å². The lowest BCUT2D eigenvalue weighted by Gasteiger charge is -2.38. The summed E-state index contributed by atoms with van der Waals surface area (Å²) in [5.74, 6) is -0.297. The topological polar surface area (TPSA) is 46.3 Å². The zero-order valence-electron chi connectivity index (χ0n) is 16.0. The van der Waals surface area contributed by atoms with Crippen LogP contribution in [0.1, 0.15) is 85.8 Å². The van der Waals surface area contributed by atoms with Gasteiger partial charge in [0.05, 0.1) is 0 Å². The first-order valence-electron chi connectivity index (χ1n) is 9.66. The van der Waals surface area contributed by atoms with Gasteiger partial charge in [0.1, 0.15) is 0 Å². The summed E-state index contributed by atoms with van der Waals surface area (Å²) in [5.41, 5.74) is 11.1. The second-order valence-corrected chi connectivity index (χ2v) is 7.40. The molecule has 0 fully saturated rings. The van der Waals surface area contributed by atoms with Gasteiger partial charge in [-0.3, -0.25) is 4.79 Å². The van der Waals surface area contributed by atoms with Gasteiger partial charge in [0.25, 0.3) is 0 Å². The Kier molecular flexibility index (Phi) is 6.70. The van der Waals surface area contributed by atoms with Crippen molar-refractivity contribution in [2.24, 2.45) is 5.73 Å². The van der Waals surface area contributed by atoms with Crippen molar-refractivity contribution in [2.75, 3.05) is 11.4 Å². The Morgan fingerprint density at radius 3 is 2.54 bits per heavy atom. The second kappa shape index (κ2) is 8.55. The van der Waals surface area contributed by atoms with Gasteiger partial charge in [0, 0.05) is 23.8 Å². The summed E-state index contributed by atoms with van der Waals surface area (Å²) in [4.78, 5) is 14.3. The smallest absolute Gasteiger partial charge is 0.249 e. The normalized spacial score (nSPS) is 17.0. The summed E-state index contributed by atoms with van der Waals surface area (Å²) >= 11 is 0. The van der Waals surface area contributed by atoms with E-state index in [1.54, 1.807) is 0 Å². The summed E-state index contributed by atoms with van der Waals surface area (Å²) < 4.78 is 0. The number of carbonyl (C=O) groups is 1. The molecule has 1 amide bonds. The van der Waals surface area contributed by atoms with E-state index in [9.17, 15) is 4.79 Å². The highest BCUT2D eigenvalue weighted by Gasteiger charge is 2.26. The Labute approximate surface area is 147 Å². The molecular weight excluding hydrogens is 296 g/mol. The fourth-order valence-electron chi connectivity index (χ4n) is 4.10. The molecule has 0 spiro atoms. The highest BCUT2D eigenvalue weighted by atomic mass is 16.1. The number of anilines is 1. The molecule has 3 heteroatoms. The number of benzene rings is 1. The molecule has 2 rings (SSSR count). The van der Waals surface area contributed by atoms with Crippen LogP contribution in [0.2, 0.25) is 0 Å². The molecule has 0 radical (unpaired) electrons. The first-order chi connectivity index (χ1) is 11.5. The zero-order valence-corrected chi connectivity index (χ0v) is 16.0. The van der Waals surface area contributed by atoms with Crippen molar-refractivity contribution in [3.8, 4) is 0 Å². The van der Waals surface area contributed by atoms with Crippen molar-refractivity contribution >= 4 is 11.6 Å². The van der Waals surface area contributed by atoms with Crippen molar-refractivity contribution < 1.29 is 4.79 Å². The number of amides is 1. The maximum atomic E-state index is 11.8. The van der Waals surface area contributed by atoms with Crippen molar-refractivity contribution in [3.63, 3.8) is 0 Å². The number of hydrogen-bond acceptors (Lipinski definition) is 2. The molecule has 1 atom stereocenters. The van der Waals surface area contributed by atoms with Crippen molar-refractivity contribution in [3.05, 3.63) is 28.3 Å². The molecule has 0 aromatic heterocycles. The molecule has 1 aliphatic rings. The average molecular weight is 331 g/mol. The maximum Gasteiger partial charge on any atom is 0.249 e. The van der Waals surface area contributed by atoms with Gasteiger partial charge in [-0.15, -0.1) is 0 Å². The monoisotopic (exact) mass is 330 g/mol. The number of fused-ring (bicyclic) bond motifs is 1. The van der Waals surface area contributed by atoms with Gasteiger partial charge in [-0.2, -0.15) is 0 Å². The zero-order chi connectivity index (χ0) is 17.7. The largest absolute Gasteiger partial charge is 0.369 e. The van der Waals surface area contributed by atoms with E-state index in [-0.39, 0.29) is 5.91 Å². The van der Waals surface area contributed by atoms with E-state index in [4.69, 9.17) is 5.73 Å². The quantitative estimate of drug-likeness (QED) is 0.689. The number of rotatable bonds is 8. The van der Waals surface area contributed by atoms with Crippen molar-refractivity contribution in [1.29, 1.82) is 0 Å². The van der Waals surface area contributed by atoms with Crippen LogP contribution in [-0.4, -0.2) is 18.5 Å². The third-order valence-electron chi connectivity index (χ3n) is 5.54. The van der Waals surface area contributed by atoms with Crippen molar-refractivity contribution in [1.82, 2.24) is 0 Å². The number of nitrogens with two attached hydrogens (primary N) is 1. The van der Waals surface area contributed by atoms with E-state index >= 15 is 0 Å². The van der Waals surface area contributed by atoms with E-state index in [0.29, 0.717) is 6.04 Å². The lowest BCUT2D eigenvalue weighted by Crippen LogP contribution is -2.38. The van der Waals surface area contributed by atoms with Crippen LogP contribution in [0.15, 0.2) is 6.07 Å². The summed E-state index contributed by atoms with van der Waals surface area (Å²) in [6.07, 6.45) is 10.2. The average Bonchev–Trinajstić information content (AvgIpc) is 2.52. The van der Waals surface area contributed by atoms with Gasteiger partial charge in [-0.25, -0.2) is 0 Å². The SMILES string of the molecule is CCCCCCCCN1c2cc(C)c(C(N)=O)c(C)c2CCC1C. The highest BCUT2D eigenvalue weighted by Crippen LogP contribution is 2.36. The van der Waals surface area contributed by atoms with Crippen LogP contribution in [0.5, 0.6) is 0 Å². The molecular formula is C21H34N2O.